The number of hydrogen-bond donors (Lipinski definition) is 0. The Balaban J connectivity index is 1.94. The zero-order chi connectivity index (χ0) is 16.9. The fourth-order valence-corrected chi connectivity index (χ4v) is 3.27. The summed E-state index contributed by atoms with van der Waals surface area (Å²) in [4.78, 5) is 17.0. The van der Waals surface area contributed by atoms with E-state index in [1.165, 1.54) is 18.9 Å². The summed E-state index contributed by atoms with van der Waals surface area (Å²) in [5.41, 5.74) is 1.79. The minimum atomic E-state index is -0.251. The monoisotopic (exact) mass is 339 g/mol. The van der Waals surface area contributed by atoms with Gasteiger partial charge in [-0.3, -0.25) is 9.78 Å². The highest BCUT2D eigenvalue weighted by Gasteiger charge is 2.09. The lowest BCUT2D eigenvalue weighted by Crippen LogP contribution is -2.03. The molecule has 0 aliphatic heterocycles. The van der Waals surface area contributed by atoms with Crippen LogP contribution in [0.5, 0.6) is 11.5 Å². The highest BCUT2D eigenvalue weighted by molar-refractivity contribution is 8.00. The van der Waals surface area contributed by atoms with E-state index in [2.05, 4.69) is 4.98 Å². The number of ether oxygens (including phenoxy) is 2. The van der Waals surface area contributed by atoms with Crippen LogP contribution < -0.4 is 4.74 Å². The minimum Gasteiger partial charge on any atom is -0.468 e. The number of fused-ring (bicyclic) bond motifs is 1. The maximum absolute atomic E-state index is 11.4. The van der Waals surface area contributed by atoms with Gasteiger partial charge in [0.25, 0.3) is 0 Å². The Morgan fingerprint density at radius 3 is 2.62 bits per heavy atom. The molecule has 0 aliphatic carbocycles. The molecule has 3 aromatic rings. The van der Waals surface area contributed by atoms with Crippen LogP contribution in [0.25, 0.3) is 10.9 Å². The lowest BCUT2D eigenvalue weighted by atomic mass is 10.2. The molecule has 0 saturated heterocycles. The van der Waals surface area contributed by atoms with Crippen molar-refractivity contribution in [2.24, 2.45) is 0 Å². The lowest BCUT2D eigenvalue weighted by Gasteiger charge is -2.10. The van der Waals surface area contributed by atoms with E-state index in [0.717, 1.165) is 33.0 Å². The Bertz CT molecular complexity index is 865. The van der Waals surface area contributed by atoms with Gasteiger partial charge in [0.15, 0.2) is 0 Å². The minimum absolute atomic E-state index is 0.251. The van der Waals surface area contributed by atoms with Crippen molar-refractivity contribution >= 4 is 28.6 Å². The predicted molar refractivity (Wildman–Crippen MR) is 95.7 cm³/mol. The third-order valence-corrected chi connectivity index (χ3v) is 4.45. The summed E-state index contributed by atoms with van der Waals surface area (Å²) in [7, 11) is 1.39. The molecule has 24 heavy (non-hydrogen) atoms. The number of methoxy groups -OCH3 is 1. The van der Waals surface area contributed by atoms with Gasteiger partial charge in [-0.1, -0.05) is 18.2 Å². The van der Waals surface area contributed by atoms with E-state index in [1.54, 1.807) is 0 Å². The van der Waals surface area contributed by atoms with Gasteiger partial charge in [-0.2, -0.15) is 0 Å². The van der Waals surface area contributed by atoms with Gasteiger partial charge in [0.05, 0.1) is 18.4 Å². The first-order valence-corrected chi connectivity index (χ1v) is 8.48. The number of rotatable bonds is 5. The molecule has 1 aromatic heterocycles. The number of pyridine rings is 1. The van der Waals surface area contributed by atoms with Gasteiger partial charge in [-0.15, -0.1) is 11.8 Å². The van der Waals surface area contributed by atoms with Gasteiger partial charge in [-0.25, -0.2) is 0 Å². The Hall–Kier alpha value is -2.53. The van der Waals surface area contributed by atoms with Crippen LogP contribution in [0.1, 0.15) is 5.69 Å². The third kappa shape index (κ3) is 3.86. The molecule has 5 heteroatoms. The van der Waals surface area contributed by atoms with E-state index in [4.69, 9.17) is 9.47 Å². The number of nitrogens with zero attached hydrogens (tertiary/aromatic N) is 1. The number of aromatic nitrogens is 1. The number of esters is 1. The van der Waals surface area contributed by atoms with Crippen molar-refractivity contribution < 1.29 is 14.3 Å². The maximum atomic E-state index is 11.4. The van der Waals surface area contributed by atoms with Gasteiger partial charge in [-0.05, 0) is 43.3 Å². The van der Waals surface area contributed by atoms with E-state index < -0.39 is 0 Å². The Labute approximate surface area is 144 Å². The van der Waals surface area contributed by atoms with Gasteiger partial charge < -0.3 is 9.47 Å². The highest BCUT2D eigenvalue weighted by atomic mass is 32.2. The molecule has 0 radical (unpaired) electrons. The number of para-hydroxylation sites is 1. The number of carbonyl (C=O) groups is 1. The molecule has 0 saturated carbocycles. The molecule has 0 atom stereocenters. The van der Waals surface area contributed by atoms with Crippen molar-refractivity contribution in [1.29, 1.82) is 0 Å². The number of hydrogen-bond acceptors (Lipinski definition) is 5. The Morgan fingerprint density at radius 2 is 1.88 bits per heavy atom. The molecule has 0 amide bonds. The summed E-state index contributed by atoms with van der Waals surface area (Å²) in [5.74, 6) is 1.53. The van der Waals surface area contributed by atoms with Crippen LogP contribution in [0, 0.1) is 6.92 Å². The average molecular weight is 339 g/mol. The second kappa shape index (κ2) is 7.36. The summed E-state index contributed by atoms with van der Waals surface area (Å²) in [6, 6.07) is 17.4. The largest absolute Gasteiger partial charge is 0.468 e. The first kappa shape index (κ1) is 16.3. The molecule has 0 spiro atoms. The second-order valence-electron chi connectivity index (χ2n) is 5.22. The molecule has 1 heterocycles. The topological polar surface area (TPSA) is 48.4 Å². The average Bonchev–Trinajstić information content (AvgIpc) is 2.60. The smallest absolute Gasteiger partial charge is 0.315 e. The van der Waals surface area contributed by atoms with Crippen molar-refractivity contribution in [3.63, 3.8) is 0 Å². The van der Waals surface area contributed by atoms with Crippen molar-refractivity contribution in [3.05, 3.63) is 60.3 Å². The lowest BCUT2D eigenvalue weighted by molar-refractivity contribution is -0.137. The third-order valence-electron chi connectivity index (χ3n) is 3.42. The Morgan fingerprint density at radius 1 is 1.08 bits per heavy atom. The molecule has 0 bridgehead atoms. The van der Waals surface area contributed by atoms with Crippen molar-refractivity contribution in [1.82, 2.24) is 4.98 Å². The number of aryl methyl sites for hydroxylation is 1. The van der Waals surface area contributed by atoms with E-state index in [0.29, 0.717) is 0 Å². The Kier molecular flexibility index (Phi) is 5.01. The van der Waals surface area contributed by atoms with Crippen LogP contribution in [0.15, 0.2) is 59.5 Å². The summed E-state index contributed by atoms with van der Waals surface area (Å²) < 4.78 is 10.6. The van der Waals surface area contributed by atoms with Gasteiger partial charge in [0, 0.05) is 16.0 Å². The van der Waals surface area contributed by atoms with Crippen LogP contribution in [0.2, 0.25) is 0 Å². The molecule has 0 aliphatic rings. The first-order chi connectivity index (χ1) is 11.7. The number of thioether (sulfide) groups is 1. The molecule has 3 rings (SSSR count). The van der Waals surface area contributed by atoms with Crippen LogP contribution >= 0.6 is 11.8 Å². The molecular weight excluding hydrogens is 322 g/mol. The van der Waals surface area contributed by atoms with E-state index in [1.807, 2.05) is 61.5 Å². The van der Waals surface area contributed by atoms with Gasteiger partial charge in [0.2, 0.25) is 0 Å². The summed E-state index contributed by atoms with van der Waals surface area (Å²) in [6.45, 7) is 1.94. The fourth-order valence-electron chi connectivity index (χ4n) is 2.30. The molecule has 2 aromatic carbocycles. The van der Waals surface area contributed by atoms with Gasteiger partial charge in [0.1, 0.15) is 11.5 Å². The standard InChI is InChI=1S/C19H17NO3S/c1-13-10-18(24-12-19(21)22-2)16-11-15(8-9-17(16)20-13)23-14-6-4-3-5-7-14/h3-11H,12H2,1-2H3. The van der Waals surface area contributed by atoms with E-state index in [-0.39, 0.29) is 11.7 Å². The van der Waals surface area contributed by atoms with E-state index >= 15 is 0 Å². The molecule has 0 unspecified atom stereocenters. The molecule has 122 valence electrons. The highest BCUT2D eigenvalue weighted by Crippen LogP contribution is 2.32. The molecular formula is C19H17NO3S. The van der Waals surface area contributed by atoms with Crippen LogP contribution in [-0.4, -0.2) is 23.8 Å². The fraction of sp³-hybridized carbons (Fsp3) is 0.158. The normalized spacial score (nSPS) is 10.6. The molecule has 0 fully saturated rings. The number of benzene rings is 2. The molecule has 0 N–H and O–H groups in total. The van der Waals surface area contributed by atoms with Crippen molar-refractivity contribution in [3.8, 4) is 11.5 Å². The summed E-state index contributed by atoms with van der Waals surface area (Å²) >= 11 is 1.44. The zero-order valence-electron chi connectivity index (χ0n) is 13.5. The SMILES string of the molecule is COC(=O)CSc1cc(C)nc2ccc(Oc3ccccc3)cc12. The van der Waals surface area contributed by atoms with Gasteiger partial charge >= 0.3 is 5.97 Å². The van der Waals surface area contributed by atoms with Crippen molar-refractivity contribution in [2.45, 2.75) is 11.8 Å². The summed E-state index contributed by atoms with van der Waals surface area (Å²) in [5, 5.41) is 0.961. The molecule has 4 nitrogen and oxygen atoms in total. The van der Waals surface area contributed by atoms with E-state index in [9.17, 15) is 4.79 Å². The second-order valence-corrected chi connectivity index (χ2v) is 6.24. The number of carbonyl (C=O) groups excluding carboxylic acids is 1. The quantitative estimate of drug-likeness (QED) is 0.502. The van der Waals surface area contributed by atoms with Crippen LogP contribution in [0.3, 0.4) is 0 Å². The van der Waals surface area contributed by atoms with Crippen molar-refractivity contribution in [2.75, 3.05) is 12.9 Å². The van der Waals surface area contributed by atoms with Crippen LogP contribution in [-0.2, 0) is 9.53 Å². The predicted octanol–water partition coefficient (Wildman–Crippen LogP) is 4.60. The maximum Gasteiger partial charge on any atom is 0.315 e. The first-order valence-electron chi connectivity index (χ1n) is 7.49. The van der Waals surface area contributed by atoms with Crippen LogP contribution in [0.4, 0.5) is 0 Å². The summed E-state index contributed by atoms with van der Waals surface area (Å²) in [6.07, 6.45) is 0. The zero-order valence-corrected chi connectivity index (χ0v) is 14.3.